The molecule has 3 N–H and O–H groups in total. The first-order valence-corrected chi connectivity index (χ1v) is 9.13. The van der Waals surface area contributed by atoms with Crippen LogP contribution in [0.1, 0.15) is 5.56 Å². The highest BCUT2D eigenvalue weighted by Gasteiger charge is 2.14. The third-order valence-electron chi connectivity index (χ3n) is 3.61. The molecule has 6 heteroatoms. The van der Waals surface area contributed by atoms with Gasteiger partial charge in [-0.25, -0.2) is 0 Å². The molecule has 0 aliphatic carbocycles. The summed E-state index contributed by atoms with van der Waals surface area (Å²) in [4.78, 5) is -0.160. The van der Waals surface area contributed by atoms with E-state index in [1.54, 1.807) is 18.2 Å². The monoisotopic (exact) mass is 354 g/mol. The highest BCUT2D eigenvalue weighted by atomic mass is 32.2. The van der Waals surface area contributed by atoms with Crippen LogP contribution in [0.15, 0.2) is 77.7 Å². The number of rotatable bonds is 5. The molecule has 0 heterocycles. The first kappa shape index (κ1) is 17.0. The highest BCUT2D eigenvalue weighted by molar-refractivity contribution is 7.86. The molecule has 3 aromatic rings. The van der Waals surface area contributed by atoms with Gasteiger partial charge in [0.15, 0.2) is 0 Å². The number of aryl methyl sites for hydroxylation is 1. The number of benzene rings is 3. The smallest absolute Gasteiger partial charge is 0.296 e. The number of nitrogens with one attached hydrogen (secondary N) is 2. The van der Waals surface area contributed by atoms with E-state index >= 15 is 0 Å². The molecule has 3 rings (SSSR count). The Labute approximate surface area is 147 Å². The van der Waals surface area contributed by atoms with Gasteiger partial charge in [0.1, 0.15) is 4.90 Å². The van der Waals surface area contributed by atoms with Crippen molar-refractivity contribution in [3.05, 3.63) is 78.4 Å². The summed E-state index contributed by atoms with van der Waals surface area (Å²) in [6.07, 6.45) is 0. The minimum Gasteiger partial charge on any atom is -0.355 e. The first-order chi connectivity index (χ1) is 11.9. The molecule has 0 amide bonds. The molecule has 128 valence electrons. The lowest BCUT2D eigenvalue weighted by atomic mass is 10.2. The first-order valence-electron chi connectivity index (χ1n) is 7.69. The molecular formula is C19H18N2O3S. The molecule has 0 unspecified atom stereocenters. The molecule has 0 bridgehead atoms. The van der Waals surface area contributed by atoms with Crippen molar-refractivity contribution in [1.82, 2.24) is 0 Å². The third kappa shape index (κ3) is 4.37. The summed E-state index contributed by atoms with van der Waals surface area (Å²) >= 11 is 0. The molecule has 3 aromatic carbocycles. The summed E-state index contributed by atoms with van der Waals surface area (Å²) in [6, 6.07) is 21.7. The fraction of sp³-hybridized carbons (Fsp3) is 0.0526. The van der Waals surface area contributed by atoms with E-state index in [2.05, 4.69) is 10.6 Å². The second kappa shape index (κ2) is 6.96. The van der Waals surface area contributed by atoms with E-state index in [1.807, 2.05) is 55.5 Å². The van der Waals surface area contributed by atoms with Crippen molar-refractivity contribution in [3.8, 4) is 0 Å². The summed E-state index contributed by atoms with van der Waals surface area (Å²) in [7, 11) is -4.30. The topological polar surface area (TPSA) is 78.4 Å². The fourth-order valence-corrected chi connectivity index (χ4v) is 3.16. The molecule has 25 heavy (non-hydrogen) atoms. The van der Waals surface area contributed by atoms with E-state index in [0.29, 0.717) is 11.4 Å². The number of anilines is 4. The maximum atomic E-state index is 11.5. The van der Waals surface area contributed by atoms with Crippen LogP contribution in [0, 0.1) is 6.92 Å². The van der Waals surface area contributed by atoms with E-state index in [-0.39, 0.29) is 4.90 Å². The quantitative estimate of drug-likeness (QED) is 0.577. The standard InChI is InChI=1S/C19H18N2O3S/c1-14-6-4-7-15(12-14)20-16-8-5-9-17(13-16)21-18-10-2-3-11-19(18)25(22,23)24/h2-13,20-21H,1H3,(H,22,23,24). The third-order valence-corrected chi connectivity index (χ3v) is 4.53. The van der Waals surface area contributed by atoms with Gasteiger partial charge in [-0.05, 0) is 55.0 Å². The Balaban J connectivity index is 1.86. The van der Waals surface area contributed by atoms with Gasteiger partial charge < -0.3 is 10.6 Å². The van der Waals surface area contributed by atoms with Crippen LogP contribution in [-0.4, -0.2) is 13.0 Å². The van der Waals surface area contributed by atoms with Gasteiger partial charge in [0.2, 0.25) is 0 Å². The summed E-state index contributed by atoms with van der Waals surface area (Å²) in [6.45, 7) is 2.02. The molecule has 0 saturated carbocycles. The molecule has 5 nitrogen and oxygen atoms in total. The summed E-state index contributed by atoms with van der Waals surface area (Å²) < 4.78 is 32.3. The summed E-state index contributed by atoms with van der Waals surface area (Å²) in [5.74, 6) is 0. The molecule has 0 radical (unpaired) electrons. The van der Waals surface area contributed by atoms with Crippen molar-refractivity contribution in [2.24, 2.45) is 0 Å². The van der Waals surface area contributed by atoms with Crippen LogP contribution in [0.25, 0.3) is 0 Å². The van der Waals surface area contributed by atoms with E-state index in [1.165, 1.54) is 6.07 Å². The lowest BCUT2D eigenvalue weighted by molar-refractivity contribution is 0.483. The summed E-state index contributed by atoms with van der Waals surface area (Å²) in [5, 5.41) is 6.35. The van der Waals surface area contributed by atoms with E-state index < -0.39 is 10.1 Å². The lowest BCUT2D eigenvalue weighted by Gasteiger charge is -2.12. The van der Waals surface area contributed by atoms with Crippen molar-refractivity contribution in [3.63, 3.8) is 0 Å². The van der Waals surface area contributed by atoms with Gasteiger partial charge in [-0.15, -0.1) is 0 Å². The Morgan fingerprint density at radius 3 is 2.04 bits per heavy atom. The predicted molar refractivity (Wildman–Crippen MR) is 100 cm³/mol. The van der Waals surface area contributed by atoms with Gasteiger partial charge in [-0.1, -0.05) is 30.3 Å². The van der Waals surface area contributed by atoms with E-state index in [9.17, 15) is 13.0 Å². The van der Waals surface area contributed by atoms with Crippen molar-refractivity contribution < 1.29 is 13.0 Å². The van der Waals surface area contributed by atoms with Gasteiger partial charge in [0.05, 0.1) is 5.69 Å². The molecule has 0 atom stereocenters. The molecule has 0 aliphatic rings. The van der Waals surface area contributed by atoms with E-state index in [4.69, 9.17) is 0 Å². The number of hydrogen-bond acceptors (Lipinski definition) is 4. The molecule has 0 aliphatic heterocycles. The average Bonchev–Trinajstić information content (AvgIpc) is 2.55. The fourth-order valence-electron chi connectivity index (χ4n) is 2.51. The highest BCUT2D eigenvalue weighted by Crippen LogP contribution is 2.27. The van der Waals surface area contributed by atoms with Crippen molar-refractivity contribution in [1.29, 1.82) is 0 Å². The van der Waals surface area contributed by atoms with Crippen LogP contribution >= 0.6 is 0 Å². The SMILES string of the molecule is Cc1cccc(Nc2cccc(Nc3ccccc3S(=O)(=O)O)c2)c1. The zero-order valence-electron chi connectivity index (χ0n) is 13.6. The Morgan fingerprint density at radius 1 is 0.760 bits per heavy atom. The Hall–Kier alpha value is -2.83. The largest absolute Gasteiger partial charge is 0.355 e. The Kier molecular flexibility index (Phi) is 4.74. The minimum atomic E-state index is -4.30. The molecule has 0 aromatic heterocycles. The zero-order chi connectivity index (χ0) is 17.9. The van der Waals surface area contributed by atoms with Gasteiger partial charge >= 0.3 is 0 Å². The van der Waals surface area contributed by atoms with Crippen molar-refractivity contribution >= 4 is 32.9 Å². The van der Waals surface area contributed by atoms with Crippen LogP contribution in [0.2, 0.25) is 0 Å². The van der Waals surface area contributed by atoms with Crippen molar-refractivity contribution in [2.45, 2.75) is 11.8 Å². The molecular weight excluding hydrogens is 336 g/mol. The van der Waals surface area contributed by atoms with Crippen LogP contribution in [0.3, 0.4) is 0 Å². The van der Waals surface area contributed by atoms with Crippen LogP contribution in [0.4, 0.5) is 22.7 Å². The number of para-hydroxylation sites is 1. The molecule has 0 fully saturated rings. The minimum absolute atomic E-state index is 0.160. The maximum absolute atomic E-state index is 11.5. The Morgan fingerprint density at radius 2 is 1.36 bits per heavy atom. The number of hydrogen-bond donors (Lipinski definition) is 3. The van der Waals surface area contributed by atoms with Gasteiger partial charge in [-0.2, -0.15) is 8.42 Å². The van der Waals surface area contributed by atoms with Crippen LogP contribution < -0.4 is 10.6 Å². The lowest BCUT2D eigenvalue weighted by Crippen LogP contribution is -2.03. The molecule has 0 saturated heterocycles. The zero-order valence-corrected chi connectivity index (χ0v) is 14.4. The van der Waals surface area contributed by atoms with E-state index in [0.717, 1.165) is 16.9 Å². The van der Waals surface area contributed by atoms with Crippen molar-refractivity contribution in [2.75, 3.05) is 10.6 Å². The second-order valence-corrected chi connectivity index (χ2v) is 7.06. The van der Waals surface area contributed by atoms with Crippen LogP contribution in [0.5, 0.6) is 0 Å². The predicted octanol–water partition coefficient (Wildman–Crippen LogP) is 4.73. The average molecular weight is 354 g/mol. The Bertz CT molecular complexity index is 1000. The second-order valence-electron chi connectivity index (χ2n) is 5.67. The van der Waals surface area contributed by atoms with Gasteiger partial charge in [0.25, 0.3) is 10.1 Å². The maximum Gasteiger partial charge on any atom is 0.296 e. The summed E-state index contributed by atoms with van der Waals surface area (Å²) in [5.41, 5.74) is 4.00. The molecule has 0 spiro atoms. The van der Waals surface area contributed by atoms with Crippen LogP contribution in [-0.2, 0) is 10.1 Å². The normalized spacial score (nSPS) is 11.1. The van der Waals surface area contributed by atoms with Gasteiger partial charge in [0, 0.05) is 17.1 Å². The van der Waals surface area contributed by atoms with Gasteiger partial charge in [-0.3, -0.25) is 4.55 Å².